The number of methoxy groups -OCH3 is 1. The van der Waals surface area contributed by atoms with Crippen molar-refractivity contribution in [3.05, 3.63) is 29.8 Å². The van der Waals surface area contributed by atoms with Gasteiger partial charge in [-0.05, 0) is 64.2 Å². The molecule has 5 heteroatoms. The highest BCUT2D eigenvalue weighted by Gasteiger charge is 2.24. The first-order chi connectivity index (χ1) is 11.4. The Kier molecular flexibility index (Phi) is 6.49. The van der Waals surface area contributed by atoms with Crippen LogP contribution in [0, 0.1) is 0 Å². The molecule has 0 radical (unpaired) electrons. The number of nitrogens with one attached hydrogen (secondary N) is 2. The maximum atomic E-state index is 11.8. The van der Waals surface area contributed by atoms with Crippen LogP contribution in [-0.4, -0.2) is 30.9 Å². The Morgan fingerprint density at radius 1 is 1.17 bits per heavy atom. The fourth-order valence-electron chi connectivity index (χ4n) is 2.96. The highest BCUT2D eigenvalue weighted by molar-refractivity contribution is 5.68. The van der Waals surface area contributed by atoms with Gasteiger partial charge in [0, 0.05) is 18.6 Å². The van der Waals surface area contributed by atoms with Crippen LogP contribution in [-0.2, 0) is 11.3 Å². The van der Waals surface area contributed by atoms with Gasteiger partial charge in [-0.25, -0.2) is 4.79 Å². The predicted molar refractivity (Wildman–Crippen MR) is 95.2 cm³/mol. The van der Waals surface area contributed by atoms with E-state index in [1.165, 1.54) is 5.56 Å². The van der Waals surface area contributed by atoms with Crippen LogP contribution in [0.1, 0.15) is 52.0 Å². The number of amides is 1. The average molecular weight is 334 g/mol. The second-order valence-corrected chi connectivity index (χ2v) is 7.43. The molecule has 0 spiro atoms. The van der Waals surface area contributed by atoms with Crippen molar-refractivity contribution < 1.29 is 14.3 Å². The number of hydrogen-bond donors (Lipinski definition) is 2. The van der Waals surface area contributed by atoms with Crippen molar-refractivity contribution >= 4 is 6.09 Å². The molecule has 0 heterocycles. The Balaban J connectivity index is 1.70. The standard InChI is InChI=1S/C19H30N2O3/c1-19(2,3)24-18(22)21-16-10-8-15(9-11-16)20-13-14-6-5-7-17(12-14)23-4/h5-7,12,15-16,20H,8-11,13H2,1-4H3,(H,21,22). The van der Waals surface area contributed by atoms with E-state index in [-0.39, 0.29) is 12.1 Å². The molecule has 0 saturated heterocycles. The Hall–Kier alpha value is -1.75. The number of carbonyl (C=O) groups excluding carboxylic acids is 1. The van der Waals surface area contributed by atoms with Crippen molar-refractivity contribution in [3.8, 4) is 5.75 Å². The third kappa shape index (κ3) is 6.40. The first kappa shape index (κ1) is 18.6. The summed E-state index contributed by atoms with van der Waals surface area (Å²) in [6, 6.07) is 8.84. The second-order valence-electron chi connectivity index (χ2n) is 7.43. The fraction of sp³-hybridized carbons (Fsp3) is 0.632. The molecule has 1 aliphatic carbocycles. The zero-order valence-electron chi connectivity index (χ0n) is 15.2. The molecule has 1 aromatic carbocycles. The lowest BCUT2D eigenvalue weighted by molar-refractivity contribution is 0.0490. The third-order valence-corrected chi connectivity index (χ3v) is 4.18. The molecule has 2 N–H and O–H groups in total. The van der Waals surface area contributed by atoms with E-state index in [0.717, 1.165) is 38.0 Å². The van der Waals surface area contributed by atoms with Crippen LogP contribution in [0.25, 0.3) is 0 Å². The molecule has 1 aliphatic rings. The minimum Gasteiger partial charge on any atom is -0.497 e. The smallest absolute Gasteiger partial charge is 0.407 e. The Morgan fingerprint density at radius 2 is 1.83 bits per heavy atom. The molecule has 1 amide bonds. The van der Waals surface area contributed by atoms with Crippen LogP contribution in [0.5, 0.6) is 5.75 Å². The Morgan fingerprint density at radius 3 is 2.46 bits per heavy atom. The van der Waals surface area contributed by atoms with Crippen molar-refractivity contribution in [2.45, 2.75) is 70.7 Å². The van der Waals surface area contributed by atoms with Crippen molar-refractivity contribution in [2.24, 2.45) is 0 Å². The van der Waals surface area contributed by atoms with Crippen molar-refractivity contribution in [3.63, 3.8) is 0 Å². The molecule has 1 aromatic rings. The van der Waals surface area contributed by atoms with Crippen LogP contribution >= 0.6 is 0 Å². The summed E-state index contributed by atoms with van der Waals surface area (Å²) in [7, 11) is 1.69. The zero-order valence-corrected chi connectivity index (χ0v) is 15.2. The van der Waals surface area contributed by atoms with Crippen LogP contribution in [0.2, 0.25) is 0 Å². The molecule has 1 saturated carbocycles. The van der Waals surface area contributed by atoms with Gasteiger partial charge in [-0.15, -0.1) is 0 Å². The minimum atomic E-state index is -0.445. The van der Waals surface area contributed by atoms with E-state index >= 15 is 0 Å². The quantitative estimate of drug-likeness (QED) is 0.863. The van der Waals surface area contributed by atoms with E-state index in [2.05, 4.69) is 22.8 Å². The van der Waals surface area contributed by atoms with Gasteiger partial charge in [0.05, 0.1) is 7.11 Å². The minimum absolute atomic E-state index is 0.217. The zero-order chi connectivity index (χ0) is 17.6. The summed E-state index contributed by atoms with van der Waals surface area (Å²) < 4.78 is 10.6. The Labute approximate surface area is 145 Å². The van der Waals surface area contributed by atoms with Crippen LogP contribution in [0.4, 0.5) is 4.79 Å². The molecule has 0 atom stereocenters. The summed E-state index contributed by atoms with van der Waals surface area (Å²) in [6.45, 7) is 6.48. The number of hydrogen-bond acceptors (Lipinski definition) is 4. The van der Waals surface area contributed by atoms with Crippen LogP contribution in [0.3, 0.4) is 0 Å². The summed E-state index contributed by atoms with van der Waals surface area (Å²) in [5, 5.41) is 6.58. The lowest BCUT2D eigenvalue weighted by Gasteiger charge is -2.30. The average Bonchev–Trinajstić information content (AvgIpc) is 2.52. The molecule has 0 bridgehead atoms. The molecular formula is C19H30N2O3. The van der Waals surface area contributed by atoms with E-state index in [4.69, 9.17) is 9.47 Å². The Bertz CT molecular complexity index is 532. The lowest BCUT2D eigenvalue weighted by atomic mass is 9.91. The molecule has 24 heavy (non-hydrogen) atoms. The summed E-state index contributed by atoms with van der Waals surface area (Å²) in [5.74, 6) is 0.888. The maximum absolute atomic E-state index is 11.8. The number of benzene rings is 1. The van der Waals surface area contributed by atoms with Gasteiger partial charge in [0.25, 0.3) is 0 Å². The van der Waals surface area contributed by atoms with Crippen molar-refractivity contribution in [2.75, 3.05) is 7.11 Å². The van der Waals surface area contributed by atoms with Gasteiger partial charge in [-0.3, -0.25) is 0 Å². The highest BCUT2D eigenvalue weighted by Crippen LogP contribution is 2.20. The molecule has 2 rings (SSSR count). The largest absolute Gasteiger partial charge is 0.497 e. The molecule has 134 valence electrons. The van der Waals surface area contributed by atoms with Gasteiger partial charge in [0.1, 0.15) is 11.4 Å². The first-order valence-corrected chi connectivity index (χ1v) is 8.71. The fourth-order valence-corrected chi connectivity index (χ4v) is 2.96. The summed E-state index contributed by atoms with van der Waals surface area (Å²) in [6.07, 6.45) is 3.77. The maximum Gasteiger partial charge on any atom is 0.407 e. The molecule has 0 unspecified atom stereocenters. The van der Waals surface area contributed by atoms with Gasteiger partial charge in [-0.1, -0.05) is 12.1 Å². The summed E-state index contributed by atoms with van der Waals surface area (Å²) >= 11 is 0. The lowest BCUT2D eigenvalue weighted by Crippen LogP contribution is -2.43. The number of carbonyl (C=O) groups is 1. The normalized spacial score (nSPS) is 21.2. The summed E-state index contributed by atoms with van der Waals surface area (Å²) in [5.41, 5.74) is 0.780. The van der Waals surface area contributed by atoms with Gasteiger partial charge < -0.3 is 20.1 Å². The topological polar surface area (TPSA) is 59.6 Å². The van der Waals surface area contributed by atoms with Crippen LogP contribution < -0.4 is 15.4 Å². The van der Waals surface area contributed by atoms with Gasteiger partial charge >= 0.3 is 6.09 Å². The number of rotatable bonds is 5. The predicted octanol–water partition coefficient (Wildman–Crippen LogP) is 3.62. The molecule has 5 nitrogen and oxygen atoms in total. The van der Waals surface area contributed by atoms with Gasteiger partial charge in [0.2, 0.25) is 0 Å². The van der Waals surface area contributed by atoms with E-state index in [1.54, 1.807) is 7.11 Å². The molecular weight excluding hydrogens is 304 g/mol. The van der Waals surface area contributed by atoms with Crippen molar-refractivity contribution in [1.82, 2.24) is 10.6 Å². The molecule has 0 aliphatic heterocycles. The number of ether oxygens (including phenoxy) is 2. The van der Waals surface area contributed by atoms with Crippen LogP contribution in [0.15, 0.2) is 24.3 Å². The van der Waals surface area contributed by atoms with E-state index in [1.807, 2.05) is 32.9 Å². The molecule has 0 aromatic heterocycles. The van der Waals surface area contributed by atoms with E-state index < -0.39 is 5.60 Å². The second kappa shape index (κ2) is 8.38. The molecule has 1 fully saturated rings. The van der Waals surface area contributed by atoms with Gasteiger partial charge in [-0.2, -0.15) is 0 Å². The first-order valence-electron chi connectivity index (χ1n) is 8.71. The van der Waals surface area contributed by atoms with E-state index in [9.17, 15) is 4.79 Å². The summed E-state index contributed by atoms with van der Waals surface area (Å²) in [4.78, 5) is 11.8. The highest BCUT2D eigenvalue weighted by atomic mass is 16.6. The SMILES string of the molecule is COc1cccc(CNC2CCC(NC(=O)OC(C)(C)C)CC2)c1. The monoisotopic (exact) mass is 334 g/mol. The van der Waals surface area contributed by atoms with E-state index in [0.29, 0.717) is 6.04 Å². The third-order valence-electron chi connectivity index (χ3n) is 4.18. The van der Waals surface area contributed by atoms with Gasteiger partial charge in [0.15, 0.2) is 0 Å². The number of alkyl carbamates (subject to hydrolysis) is 1. The van der Waals surface area contributed by atoms with Crippen molar-refractivity contribution in [1.29, 1.82) is 0 Å².